The summed E-state index contributed by atoms with van der Waals surface area (Å²) < 4.78 is 0. The van der Waals surface area contributed by atoms with Gasteiger partial charge >= 0.3 is 0 Å². The number of rotatable bonds is 6. The van der Waals surface area contributed by atoms with Crippen LogP contribution in [0, 0.1) is 17.0 Å². The molecule has 1 atom stereocenters. The number of non-ortho nitro benzene ring substituents is 1. The van der Waals surface area contributed by atoms with E-state index in [1.54, 1.807) is 12.1 Å². The van der Waals surface area contributed by atoms with Crippen molar-refractivity contribution in [3.05, 3.63) is 75.3 Å². The van der Waals surface area contributed by atoms with Crippen LogP contribution < -0.4 is 15.1 Å². The number of likely N-dealkylation sites (N-methyl/N-ethyl adjacent to an activating group) is 1. The minimum absolute atomic E-state index is 0.0737. The summed E-state index contributed by atoms with van der Waals surface area (Å²) in [5, 5.41) is 14.0. The zero-order valence-electron chi connectivity index (χ0n) is 16.4. The van der Waals surface area contributed by atoms with E-state index in [2.05, 4.69) is 43.6 Å². The average Bonchev–Trinajstić information content (AvgIpc) is 2.70. The first kappa shape index (κ1) is 20.0. The fourth-order valence-corrected chi connectivity index (χ4v) is 3.70. The number of carbonyl (C=O) groups is 1. The van der Waals surface area contributed by atoms with E-state index in [0.29, 0.717) is 12.1 Å². The van der Waals surface area contributed by atoms with Crippen LogP contribution in [-0.4, -0.2) is 50.6 Å². The first-order valence-electron chi connectivity index (χ1n) is 9.69. The first-order valence-corrected chi connectivity index (χ1v) is 9.69. The van der Waals surface area contributed by atoms with Crippen molar-refractivity contribution in [2.45, 2.75) is 13.0 Å². The standard InChI is InChI=1S/C21H26N4O3/c1-16-6-8-17(9-7-16)20(24-12-10-23(2)11-13-24)15-22-21(26)18-4-3-5-19(14-18)25(27)28/h3-9,14,20H,10-13,15H2,1-2H3,(H,22,26)/p+2/t20-/m1/s1. The van der Waals surface area contributed by atoms with Gasteiger partial charge in [0.1, 0.15) is 32.2 Å². The third-order valence-corrected chi connectivity index (χ3v) is 5.50. The molecule has 1 aliphatic rings. The molecule has 28 heavy (non-hydrogen) atoms. The number of hydrogen-bond donors (Lipinski definition) is 3. The van der Waals surface area contributed by atoms with Crippen molar-refractivity contribution >= 4 is 11.6 Å². The molecule has 7 heteroatoms. The first-order chi connectivity index (χ1) is 13.4. The van der Waals surface area contributed by atoms with Crippen LogP contribution in [0.25, 0.3) is 0 Å². The monoisotopic (exact) mass is 384 g/mol. The highest BCUT2D eigenvalue weighted by atomic mass is 16.6. The summed E-state index contributed by atoms with van der Waals surface area (Å²) in [5.74, 6) is -0.278. The van der Waals surface area contributed by atoms with Gasteiger partial charge in [0.2, 0.25) is 0 Å². The highest BCUT2D eigenvalue weighted by molar-refractivity contribution is 5.94. The molecule has 3 rings (SSSR count). The second-order valence-corrected chi connectivity index (χ2v) is 7.60. The number of amides is 1. The van der Waals surface area contributed by atoms with Crippen molar-refractivity contribution in [2.75, 3.05) is 39.8 Å². The van der Waals surface area contributed by atoms with Crippen LogP contribution in [-0.2, 0) is 0 Å². The van der Waals surface area contributed by atoms with E-state index in [-0.39, 0.29) is 17.6 Å². The van der Waals surface area contributed by atoms with Crippen molar-refractivity contribution in [3.63, 3.8) is 0 Å². The molecule has 2 aromatic rings. The Bertz CT molecular complexity index is 830. The normalized spacial score (nSPS) is 20.4. The fraction of sp³-hybridized carbons (Fsp3) is 0.381. The van der Waals surface area contributed by atoms with Gasteiger partial charge in [-0.1, -0.05) is 35.9 Å². The van der Waals surface area contributed by atoms with Crippen LogP contribution >= 0.6 is 0 Å². The molecule has 3 N–H and O–H groups in total. The molecule has 1 saturated heterocycles. The molecule has 1 heterocycles. The lowest BCUT2D eigenvalue weighted by Crippen LogP contribution is -3.27. The van der Waals surface area contributed by atoms with Gasteiger partial charge in [-0.2, -0.15) is 0 Å². The third kappa shape index (κ3) is 4.94. The number of carbonyl (C=O) groups excluding carboxylic acids is 1. The number of hydrogen-bond acceptors (Lipinski definition) is 3. The van der Waals surface area contributed by atoms with Crippen LogP contribution in [0.3, 0.4) is 0 Å². The lowest BCUT2D eigenvalue weighted by molar-refractivity contribution is -1.02. The Balaban J connectivity index is 1.74. The van der Waals surface area contributed by atoms with Gasteiger partial charge in [0.25, 0.3) is 11.6 Å². The summed E-state index contributed by atoms with van der Waals surface area (Å²) >= 11 is 0. The van der Waals surface area contributed by atoms with Gasteiger partial charge in [0.05, 0.1) is 18.5 Å². The maximum atomic E-state index is 12.6. The zero-order valence-corrected chi connectivity index (χ0v) is 16.4. The Morgan fingerprint density at radius 3 is 2.46 bits per heavy atom. The van der Waals surface area contributed by atoms with Crippen molar-refractivity contribution in [1.29, 1.82) is 0 Å². The zero-order chi connectivity index (χ0) is 20.1. The molecule has 2 aromatic carbocycles. The SMILES string of the molecule is Cc1ccc([C@@H](CNC(=O)c2cccc([N+](=O)[O-])c2)[NH+]2CC[NH+](C)CC2)cc1. The molecule has 0 unspecified atom stereocenters. The summed E-state index contributed by atoms with van der Waals surface area (Å²) in [5.41, 5.74) is 2.66. The van der Waals surface area contributed by atoms with E-state index in [1.165, 1.54) is 33.1 Å². The Labute approximate surface area is 165 Å². The molecular formula is C21H28N4O3+2. The van der Waals surface area contributed by atoms with Crippen LogP contribution in [0.5, 0.6) is 0 Å². The molecule has 0 aliphatic carbocycles. The van der Waals surface area contributed by atoms with Crippen molar-refractivity contribution in [2.24, 2.45) is 0 Å². The molecule has 1 fully saturated rings. The second-order valence-electron chi connectivity index (χ2n) is 7.60. The summed E-state index contributed by atoms with van der Waals surface area (Å²) in [6, 6.07) is 14.5. The number of piperazine rings is 1. The number of quaternary nitrogens is 2. The number of benzene rings is 2. The summed E-state index contributed by atoms with van der Waals surface area (Å²) in [7, 11) is 2.21. The molecule has 0 spiro atoms. The summed E-state index contributed by atoms with van der Waals surface area (Å²) in [6.07, 6.45) is 0. The lowest BCUT2D eigenvalue weighted by Gasteiger charge is -2.33. The van der Waals surface area contributed by atoms with E-state index in [1.807, 2.05) is 0 Å². The van der Waals surface area contributed by atoms with Crippen LogP contribution in [0.4, 0.5) is 5.69 Å². The van der Waals surface area contributed by atoms with Gasteiger partial charge in [0, 0.05) is 23.3 Å². The molecule has 7 nitrogen and oxygen atoms in total. The minimum atomic E-state index is -0.484. The van der Waals surface area contributed by atoms with Crippen LogP contribution in [0.15, 0.2) is 48.5 Å². The van der Waals surface area contributed by atoms with Crippen molar-refractivity contribution in [1.82, 2.24) is 5.32 Å². The van der Waals surface area contributed by atoms with Gasteiger partial charge in [0.15, 0.2) is 0 Å². The van der Waals surface area contributed by atoms with Crippen molar-refractivity contribution < 1.29 is 19.5 Å². The third-order valence-electron chi connectivity index (χ3n) is 5.50. The number of nitro groups is 1. The predicted molar refractivity (Wildman–Crippen MR) is 107 cm³/mol. The van der Waals surface area contributed by atoms with Gasteiger partial charge < -0.3 is 15.1 Å². The molecule has 1 amide bonds. The van der Waals surface area contributed by atoms with Gasteiger partial charge in [-0.15, -0.1) is 0 Å². The molecule has 0 aromatic heterocycles. The minimum Gasteiger partial charge on any atom is -0.346 e. The number of nitro benzene ring substituents is 1. The Morgan fingerprint density at radius 2 is 1.82 bits per heavy atom. The number of nitrogens with one attached hydrogen (secondary N) is 3. The molecule has 0 bridgehead atoms. The Hall–Kier alpha value is -2.77. The van der Waals surface area contributed by atoms with E-state index in [4.69, 9.17) is 0 Å². The van der Waals surface area contributed by atoms with E-state index in [0.717, 1.165) is 26.2 Å². The van der Waals surface area contributed by atoms with E-state index < -0.39 is 4.92 Å². The highest BCUT2D eigenvalue weighted by Crippen LogP contribution is 2.14. The smallest absolute Gasteiger partial charge is 0.270 e. The molecule has 0 saturated carbocycles. The molecule has 1 aliphatic heterocycles. The Kier molecular flexibility index (Phi) is 6.38. The second kappa shape index (κ2) is 8.95. The maximum absolute atomic E-state index is 12.6. The van der Waals surface area contributed by atoms with Crippen LogP contribution in [0.2, 0.25) is 0 Å². The largest absolute Gasteiger partial charge is 0.346 e. The van der Waals surface area contributed by atoms with E-state index >= 15 is 0 Å². The Morgan fingerprint density at radius 1 is 1.14 bits per heavy atom. The van der Waals surface area contributed by atoms with Crippen molar-refractivity contribution in [3.8, 4) is 0 Å². The van der Waals surface area contributed by atoms with Crippen LogP contribution in [0.1, 0.15) is 27.5 Å². The molecule has 148 valence electrons. The van der Waals surface area contributed by atoms with Gasteiger partial charge in [-0.3, -0.25) is 14.9 Å². The molecular weight excluding hydrogens is 356 g/mol. The van der Waals surface area contributed by atoms with Gasteiger partial charge in [-0.25, -0.2) is 0 Å². The number of aryl methyl sites for hydroxylation is 1. The fourth-order valence-electron chi connectivity index (χ4n) is 3.70. The predicted octanol–water partition coefficient (Wildman–Crippen LogP) is -0.212. The lowest BCUT2D eigenvalue weighted by atomic mass is 10.0. The van der Waals surface area contributed by atoms with Gasteiger partial charge in [-0.05, 0) is 13.0 Å². The maximum Gasteiger partial charge on any atom is 0.270 e. The summed E-state index contributed by atoms with van der Waals surface area (Å²) in [6.45, 7) is 6.88. The highest BCUT2D eigenvalue weighted by Gasteiger charge is 2.29. The number of nitrogens with zero attached hydrogens (tertiary/aromatic N) is 1. The average molecular weight is 384 g/mol. The van der Waals surface area contributed by atoms with E-state index in [9.17, 15) is 14.9 Å². The quantitative estimate of drug-likeness (QED) is 0.476. The molecule has 0 radical (unpaired) electrons. The summed E-state index contributed by atoms with van der Waals surface area (Å²) in [4.78, 5) is 26.1. The topological polar surface area (TPSA) is 81.1 Å².